The lowest BCUT2D eigenvalue weighted by molar-refractivity contribution is -0.139. The second-order valence-electron chi connectivity index (χ2n) is 6.34. The van der Waals surface area contributed by atoms with Crippen molar-refractivity contribution in [2.45, 2.75) is 24.7 Å². The maximum atomic E-state index is 12.8. The van der Waals surface area contributed by atoms with Crippen LogP contribution in [0, 0.1) is 6.92 Å². The third-order valence-corrected chi connectivity index (χ3v) is 7.31. The number of amides is 1. The quantitative estimate of drug-likeness (QED) is 0.706. The van der Waals surface area contributed by atoms with Gasteiger partial charge in [-0.15, -0.1) is 11.3 Å². The summed E-state index contributed by atoms with van der Waals surface area (Å²) in [5.74, 6) is -1.22. The first-order valence-corrected chi connectivity index (χ1v) is 11.0. The van der Waals surface area contributed by atoms with Gasteiger partial charge in [0.15, 0.2) is 6.61 Å². The fourth-order valence-corrected chi connectivity index (χ4v) is 5.74. The highest BCUT2D eigenvalue weighted by molar-refractivity contribution is 7.89. The van der Waals surface area contributed by atoms with E-state index in [1.807, 2.05) is 0 Å². The Bertz CT molecular complexity index is 993. The summed E-state index contributed by atoms with van der Waals surface area (Å²) in [6.07, 6.45) is 1.64. The molecule has 0 saturated carbocycles. The number of ether oxygens (including phenoxy) is 1. The Labute approximate surface area is 166 Å². The molecule has 2 aromatic rings. The van der Waals surface area contributed by atoms with Gasteiger partial charge in [0.05, 0.1) is 0 Å². The number of carbonyl (C=O) groups is 2. The number of hydrogen-bond donors (Lipinski definition) is 2. The number of carbonyl (C=O) groups excluding carboxylic acids is 1. The standard InChI is InChI=1S/C18H20N2O6S2/c1-12-10-13(26-11-16(21)22)4-5-14(12)19-18(23)17-15(6-9-27-17)28(24,25)20-7-2-3-8-20/h4-6,9-10H,2-3,7-8,11H2,1H3,(H,19,23)(H,21,22). The van der Waals surface area contributed by atoms with Crippen molar-refractivity contribution in [1.82, 2.24) is 4.31 Å². The summed E-state index contributed by atoms with van der Waals surface area (Å²) in [6, 6.07) is 6.20. The van der Waals surface area contributed by atoms with Gasteiger partial charge >= 0.3 is 5.97 Å². The van der Waals surface area contributed by atoms with Crippen LogP contribution in [0.25, 0.3) is 0 Å². The van der Waals surface area contributed by atoms with Crippen LogP contribution in [0.4, 0.5) is 5.69 Å². The van der Waals surface area contributed by atoms with Gasteiger partial charge in [-0.1, -0.05) is 0 Å². The Morgan fingerprint density at radius 1 is 1.25 bits per heavy atom. The molecule has 150 valence electrons. The highest BCUT2D eigenvalue weighted by Gasteiger charge is 2.31. The molecule has 1 aliphatic rings. The number of aliphatic carboxylic acids is 1. The maximum absolute atomic E-state index is 12.8. The van der Waals surface area contributed by atoms with Gasteiger partial charge in [-0.2, -0.15) is 4.31 Å². The Morgan fingerprint density at radius 2 is 1.96 bits per heavy atom. The van der Waals surface area contributed by atoms with Crippen molar-refractivity contribution in [2.75, 3.05) is 25.0 Å². The van der Waals surface area contributed by atoms with E-state index in [1.165, 1.54) is 10.4 Å². The van der Waals surface area contributed by atoms with Crippen molar-refractivity contribution in [3.05, 3.63) is 40.1 Å². The molecule has 0 atom stereocenters. The molecule has 8 nitrogen and oxygen atoms in total. The van der Waals surface area contributed by atoms with Gasteiger partial charge in [0, 0.05) is 18.8 Å². The summed E-state index contributed by atoms with van der Waals surface area (Å²) < 4.78 is 32.1. The minimum atomic E-state index is -3.69. The van der Waals surface area contributed by atoms with Crippen LogP contribution < -0.4 is 10.1 Å². The molecule has 1 aromatic carbocycles. The maximum Gasteiger partial charge on any atom is 0.341 e. The number of benzene rings is 1. The van der Waals surface area contributed by atoms with E-state index >= 15 is 0 Å². The molecule has 0 radical (unpaired) electrons. The van der Waals surface area contributed by atoms with Crippen molar-refractivity contribution < 1.29 is 27.9 Å². The fourth-order valence-electron chi connectivity index (χ4n) is 2.92. The Hall–Kier alpha value is -2.43. The van der Waals surface area contributed by atoms with Gasteiger partial charge in [0.25, 0.3) is 5.91 Å². The summed E-state index contributed by atoms with van der Waals surface area (Å²) in [6.45, 7) is 2.21. The third kappa shape index (κ3) is 4.34. The van der Waals surface area contributed by atoms with Crippen molar-refractivity contribution in [3.8, 4) is 5.75 Å². The summed E-state index contributed by atoms with van der Waals surface area (Å²) in [5.41, 5.74) is 1.15. The summed E-state index contributed by atoms with van der Waals surface area (Å²) in [4.78, 5) is 23.5. The number of rotatable bonds is 7. The predicted octanol–water partition coefficient (Wildman–Crippen LogP) is 2.56. The van der Waals surface area contributed by atoms with Crippen LogP contribution in [0.1, 0.15) is 28.1 Å². The number of thiophene rings is 1. The summed E-state index contributed by atoms with van der Waals surface area (Å²) >= 11 is 1.08. The number of nitrogens with zero attached hydrogens (tertiary/aromatic N) is 1. The van der Waals surface area contributed by atoms with Gasteiger partial charge < -0.3 is 15.2 Å². The molecule has 1 aliphatic heterocycles. The Morgan fingerprint density at radius 3 is 2.61 bits per heavy atom. The molecule has 0 unspecified atom stereocenters. The second kappa shape index (κ2) is 8.29. The second-order valence-corrected chi connectivity index (χ2v) is 9.16. The summed E-state index contributed by atoms with van der Waals surface area (Å²) in [7, 11) is -3.69. The molecule has 2 heterocycles. The average Bonchev–Trinajstić information content (AvgIpc) is 3.34. The molecule has 10 heteroatoms. The minimum absolute atomic E-state index is 0.0240. The van der Waals surface area contributed by atoms with Crippen LogP contribution in [-0.2, 0) is 14.8 Å². The van der Waals surface area contributed by atoms with Gasteiger partial charge in [0.2, 0.25) is 10.0 Å². The average molecular weight is 425 g/mol. The molecular weight excluding hydrogens is 404 g/mol. The number of sulfonamides is 1. The molecule has 1 amide bonds. The van der Waals surface area contributed by atoms with Gasteiger partial charge in [-0.05, 0) is 55.0 Å². The van der Waals surface area contributed by atoms with E-state index in [4.69, 9.17) is 9.84 Å². The summed E-state index contributed by atoms with van der Waals surface area (Å²) in [5, 5.41) is 13.0. The molecule has 1 aromatic heterocycles. The van der Waals surface area contributed by atoms with Crippen LogP contribution >= 0.6 is 11.3 Å². The molecule has 0 bridgehead atoms. The zero-order valence-electron chi connectivity index (χ0n) is 15.2. The molecule has 1 fully saturated rings. The largest absolute Gasteiger partial charge is 0.482 e. The SMILES string of the molecule is Cc1cc(OCC(=O)O)ccc1NC(=O)c1sccc1S(=O)(=O)N1CCCC1. The van der Waals surface area contributed by atoms with Crippen molar-refractivity contribution in [3.63, 3.8) is 0 Å². The molecule has 3 rings (SSSR count). The normalized spacial score (nSPS) is 14.8. The topological polar surface area (TPSA) is 113 Å². The Balaban J connectivity index is 1.77. The lowest BCUT2D eigenvalue weighted by Crippen LogP contribution is -2.29. The molecule has 0 aliphatic carbocycles. The van der Waals surface area contributed by atoms with Crippen LogP contribution in [-0.4, -0.2) is 49.4 Å². The Kier molecular flexibility index (Phi) is 6.01. The first-order valence-electron chi connectivity index (χ1n) is 8.63. The lowest BCUT2D eigenvalue weighted by Gasteiger charge is -2.16. The van der Waals surface area contributed by atoms with Gasteiger partial charge in [-0.3, -0.25) is 4.79 Å². The molecule has 2 N–H and O–H groups in total. The van der Waals surface area contributed by atoms with E-state index in [2.05, 4.69) is 5.32 Å². The minimum Gasteiger partial charge on any atom is -0.482 e. The zero-order valence-corrected chi connectivity index (χ0v) is 16.8. The predicted molar refractivity (Wildman–Crippen MR) is 105 cm³/mol. The van der Waals surface area contributed by atoms with Crippen LogP contribution in [0.2, 0.25) is 0 Å². The monoisotopic (exact) mass is 424 g/mol. The fraction of sp³-hybridized carbons (Fsp3) is 0.333. The number of aryl methyl sites for hydroxylation is 1. The van der Waals surface area contributed by atoms with Crippen LogP contribution in [0.3, 0.4) is 0 Å². The number of carboxylic acid groups (broad SMARTS) is 1. The van der Waals surface area contributed by atoms with Crippen LogP contribution in [0.15, 0.2) is 34.5 Å². The van der Waals surface area contributed by atoms with E-state index in [0.717, 1.165) is 24.2 Å². The van der Waals surface area contributed by atoms with E-state index < -0.39 is 28.5 Å². The first kappa shape index (κ1) is 20.3. The first-order chi connectivity index (χ1) is 13.3. The zero-order chi connectivity index (χ0) is 20.3. The van der Waals surface area contributed by atoms with E-state index in [9.17, 15) is 18.0 Å². The van der Waals surface area contributed by atoms with E-state index in [-0.39, 0.29) is 9.77 Å². The van der Waals surface area contributed by atoms with Crippen LogP contribution in [0.5, 0.6) is 5.75 Å². The third-order valence-electron chi connectivity index (χ3n) is 4.33. The molecule has 28 heavy (non-hydrogen) atoms. The van der Waals surface area contributed by atoms with Gasteiger partial charge in [0.1, 0.15) is 15.5 Å². The highest BCUT2D eigenvalue weighted by atomic mass is 32.2. The number of anilines is 1. The van der Waals surface area contributed by atoms with E-state index in [1.54, 1.807) is 30.5 Å². The molecule has 1 saturated heterocycles. The molecule has 0 spiro atoms. The van der Waals surface area contributed by atoms with E-state index in [0.29, 0.717) is 30.1 Å². The van der Waals surface area contributed by atoms with Crippen molar-refractivity contribution in [1.29, 1.82) is 0 Å². The lowest BCUT2D eigenvalue weighted by atomic mass is 10.2. The van der Waals surface area contributed by atoms with Crippen molar-refractivity contribution >= 4 is 38.9 Å². The number of nitrogens with one attached hydrogen (secondary N) is 1. The highest BCUT2D eigenvalue weighted by Crippen LogP contribution is 2.29. The number of carboxylic acids is 1. The smallest absolute Gasteiger partial charge is 0.341 e. The van der Waals surface area contributed by atoms with Gasteiger partial charge in [-0.25, -0.2) is 13.2 Å². The van der Waals surface area contributed by atoms with Crippen molar-refractivity contribution in [2.24, 2.45) is 0 Å². The number of hydrogen-bond acceptors (Lipinski definition) is 6. The molecular formula is C18H20N2O6S2.